The van der Waals surface area contributed by atoms with E-state index >= 15 is 0 Å². The summed E-state index contributed by atoms with van der Waals surface area (Å²) in [7, 11) is 0. The van der Waals surface area contributed by atoms with E-state index in [1.54, 1.807) is 0 Å². The Labute approximate surface area is 355 Å². The Morgan fingerprint density at radius 2 is 0.607 bits per heavy atom. The van der Waals surface area contributed by atoms with E-state index in [0.717, 1.165) is 61.6 Å². The zero-order valence-electron chi connectivity index (χ0n) is 33.4. The van der Waals surface area contributed by atoms with E-state index in [1.165, 1.54) is 38.5 Å². The molecule has 0 fully saturated rings. The van der Waals surface area contributed by atoms with Crippen molar-refractivity contribution in [3.63, 3.8) is 0 Å². The molecule has 0 unspecified atom stereocenters. The average molecular weight is 778 g/mol. The van der Waals surface area contributed by atoms with Gasteiger partial charge in [0.05, 0.1) is 22.4 Å². The molecule has 61 heavy (non-hydrogen) atoms. The van der Waals surface area contributed by atoms with Crippen molar-refractivity contribution in [2.45, 2.75) is 0 Å². The molecule has 0 aliphatic heterocycles. The Bertz CT molecular complexity index is 3280. The van der Waals surface area contributed by atoms with E-state index in [1.807, 2.05) is 6.07 Å². The van der Waals surface area contributed by atoms with E-state index < -0.39 is 0 Å². The number of hydrogen-bond donors (Lipinski definition) is 0. The van der Waals surface area contributed by atoms with Crippen molar-refractivity contribution < 1.29 is 0 Å². The first kappa shape index (κ1) is 36.0. The van der Waals surface area contributed by atoms with Crippen LogP contribution in [0, 0.1) is 0 Å². The summed E-state index contributed by atoms with van der Waals surface area (Å²) in [5.41, 5.74) is 17.6. The normalized spacial score (nSPS) is 11.3. The van der Waals surface area contributed by atoms with E-state index in [2.05, 4.69) is 235 Å². The molecule has 286 valence electrons. The smallest absolute Gasteiger partial charge is 0.160 e. The molecule has 0 saturated carbocycles. The van der Waals surface area contributed by atoms with Crippen LogP contribution in [0.3, 0.4) is 0 Å². The van der Waals surface area contributed by atoms with Crippen molar-refractivity contribution in [2.75, 3.05) is 0 Å². The van der Waals surface area contributed by atoms with Gasteiger partial charge in [0.1, 0.15) is 0 Å². The maximum Gasteiger partial charge on any atom is 0.160 e. The highest BCUT2D eigenvalue weighted by atomic mass is 15.0. The second kappa shape index (κ2) is 15.6. The number of hydrogen-bond acceptors (Lipinski definition) is 2. The fourth-order valence-corrected chi connectivity index (χ4v) is 8.54. The Balaban J connectivity index is 0.963. The van der Waals surface area contributed by atoms with Crippen LogP contribution in [-0.4, -0.2) is 14.5 Å². The van der Waals surface area contributed by atoms with Crippen LogP contribution in [0.2, 0.25) is 0 Å². The molecule has 9 aromatic carbocycles. The van der Waals surface area contributed by atoms with Crippen molar-refractivity contribution in [3.05, 3.63) is 237 Å². The molecule has 0 saturated heterocycles. The fourth-order valence-electron chi connectivity index (χ4n) is 8.54. The lowest BCUT2D eigenvalue weighted by molar-refractivity contribution is 1.18. The zero-order valence-corrected chi connectivity index (χ0v) is 33.4. The predicted octanol–water partition coefficient (Wildman–Crippen LogP) is 15.2. The number of aromatic nitrogens is 3. The predicted molar refractivity (Wildman–Crippen MR) is 254 cm³/mol. The number of para-hydroxylation sites is 2. The highest BCUT2D eigenvalue weighted by Gasteiger charge is 2.15. The summed E-state index contributed by atoms with van der Waals surface area (Å²) in [6.45, 7) is 0. The van der Waals surface area contributed by atoms with Gasteiger partial charge in [0.25, 0.3) is 0 Å². The summed E-state index contributed by atoms with van der Waals surface area (Å²) < 4.78 is 2.37. The van der Waals surface area contributed by atoms with Gasteiger partial charge in [-0.3, -0.25) is 0 Å². The van der Waals surface area contributed by atoms with Crippen LogP contribution in [0.25, 0.3) is 106 Å². The quantitative estimate of drug-likeness (QED) is 0.154. The second-order valence-electron chi connectivity index (χ2n) is 15.4. The molecule has 3 nitrogen and oxygen atoms in total. The monoisotopic (exact) mass is 777 g/mol. The Kier molecular flexibility index (Phi) is 9.18. The minimum atomic E-state index is 0.688. The highest BCUT2D eigenvalue weighted by Crippen LogP contribution is 2.36. The lowest BCUT2D eigenvalue weighted by Crippen LogP contribution is -1.96. The van der Waals surface area contributed by atoms with Crippen LogP contribution < -0.4 is 0 Å². The molecule has 0 atom stereocenters. The van der Waals surface area contributed by atoms with Crippen molar-refractivity contribution in [3.8, 4) is 84.1 Å². The van der Waals surface area contributed by atoms with E-state index in [-0.39, 0.29) is 0 Å². The summed E-state index contributed by atoms with van der Waals surface area (Å²) in [6.07, 6.45) is 0. The third-order valence-electron chi connectivity index (χ3n) is 11.6. The van der Waals surface area contributed by atoms with Gasteiger partial charge in [-0.15, -0.1) is 0 Å². The van der Waals surface area contributed by atoms with Gasteiger partial charge in [-0.1, -0.05) is 194 Å². The third-order valence-corrected chi connectivity index (χ3v) is 11.6. The van der Waals surface area contributed by atoms with E-state index in [0.29, 0.717) is 5.82 Å². The summed E-state index contributed by atoms with van der Waals surface area (Å²) >= 11 is 0. The number of rotatable bonds is 8. The Morgan fingerprint density at radius 3 is 1.11 bits per heavy atom. The topological polar surface area (TPSA) is 30.7 Å². The highest BCUT2D eigenvalue weighted by molar-refractivity contribution is 6.09. The minimum Gasteiger partial charge on any atom is -0.309 e. The second-order valence-corrected chi connectivity index (χ2v) is 15.4. The van der Waals surface area contributed by atoms with Crippen molar-refractivity contribution >= 4 is 21.8 Å². The largest absolute Gasteiger partial charge is 0.309 e. The van der Waals surface area contributed by atoms with Crippen LogP contribution >= 0.6 is 0 Å². The molecule has 11 aromatic rings. The molecule has 11 rings (SSSR count). The van der Waals surface area contributed by atoms with Crippen LogP contribution in [-0.2, 0) is 0 Å². The summed E-state index contributed by atoms with van der Waals surface area (Å²) in [6, 6.07) is 84.0. The molecule has 0 radical (unpaired) electrons. The SMILES string of the molecule is c1ccc(-c2cccc(-c3ccc(-c4cc(-c5ccc(-c6cccc(-n7c8ccccc8c8ccccc87)c6)cc5)nc(-c5cccc(-c6ccccc6)c5)n4)cc3)c2)cc1. The van der Waals surface area contributed by atoms with Crippen LogP contribution in [0.5, 0.6) is 0 Å². The Hall–Kier alpha value is -8.14. The molecule has 0 amide bonds. The molecule has 2 aromatic heterocycles. The maximum absolute atomic E-state index is 5.23. The molecular weight excluding hydrogens is 739 g/mol. The molecule has 0 aliphatic carbocycles. The van der Waals surface area contributed by atoms with Crippen molar-refractivity contribution in [1.29, 1.82) is 0 Å². The lowest BCUT2D eigenvalue weighted by Gasteiger charge is -2.12. The van der Waals surface area contributed by atoms with Gasteiger partial charge >= 0.3 is 0 Å². The van der Waals surface area contributed by atoms with Gasteiger partial charge < -0.3 is 4.57 Å². The fraction of sp³-hybridized carbons (Fsp3) is 0. The molecule has 0 N–H and O–H groups in total. The molecule has 3 heteroatoms. The Morgan fingerprint density at radius 1 is 0.246 bits per heavy atom. The van der Waals surface area contributed by atoms with Gasteiger partial charge in [-0.2, -0.15) is 0 Å². The molecule has 0 aliphatic rings. The summed E-state index contributed by atoms with van der Waals surface area (Å²) in [5, 5.41) is 2.51. The summed E-state index contributed by atoms with van der Waals surface area (Å²) in [4.78, 5) is 10.5. The number of fused-ring (bicyclic) bond motifs is 3. The van der Waals surface area contributed by atoms with Gasteiger partial charge in [-0.25, -0.2) is 9.97 Å². The standard InChI is InChI=1S/C58H39N3/c1-3-14-40(15-4-1)46-18-11-19-47(36-46)42-28-32-44(33-29-42)54-39-55(60-58(59-54)50-22-12-20-48(37-50)41-16-5-2-6-17-41)45-34-30-43(31-35-45)49-21-13-23-51(38-49)61-56-26-9-7-24-52(56)53-25-8-10-27-57(53)61/h1-39H. The molecular formula is C58H39N3. The minimum absolute atomic E-state index is 0.688. The van der Waals surface area contributed by atoms with Crippen molar-refractivity contribution in [2.24, 2.45) is 0 Å². The van der Waals surface area contributed by atoms with Gasteiger partial charge in [0, 0.05) is 33.2 Å². The van der Waals surface area contributed by atoms with Crippen molar-refractivity contribution in [1.82, 2.24) is 14.5 Å². The van der Waals surface area contributed by atoms with E-state index in [4.69, 9.17) is 9.97 Å². The van der Waals surface area contributed by atoms with Gasteiger partial charge in [-0.05, 0) is 87.0 Å². The first-order valence-corrected chi connectivity index (χ1v) is 20.7. The number of nitrogens with zero attached hydrogens (tertiary/aromatic N) is 3. The van der Waals surface area contributed by atoms with Crippen LogP contribution in [0.4, 0.5) is 0 Å². The zero-order chi connectivity index (χ0) is 40.5. The van der Waals surface area contributed by atoms with Crippen LogP contribution in [0.15, 0.2) is 237 Å². The van der Waals surface area contributed by atoms with Crippen LogP contribution in [0.1, 0.15) is 0 Å². The molecule has 0 spiro atoms. The lowest BCUT2D eigenvalue weighted by atomic mass is 9.97. The molecule has 0 bridgehead atoms. The van der Waals surface area contributed by atoms with Gasteiger partial charge in [0.2, 0.25) is 0 Å². The van der Waals surface area contributed by atoms with Gasteiger partial charge in [0.15, 0.2) is 5.82 Å². The summed E-state index contributed by atoms with van der Waals surface area (Å²) in [5.74, 6) is 0.688. The third kappa shape index (κ3) is 6.98. The van der Waals surface area contributed by atoms with E-state index in [9.17, 15) is 0 Å². The number of benzene rings is 9. The first-order valence-electron chi connectivity index (χ1n) is 20.7. The average Bonchev–Trinajstić information content (AvgIpc) is 3.69. The maximum atomic E-state index is 5.23. The first-order chi connectivity index (χ1) is 30.2. The molecule has 2 heterocycles.